The molecule has 1 heterocycles. The van der Waals surface area contributed by atoms with Crippen LogP contribution < -0.4 is 5.32 Å². The number of halogens is 4. The third-order valence-electron chi connectivity index (χ3n) is 2.59. The molecule has 9 heteroatoms. The van der Waals surface area contributed by atoms with E-state index >= 15 is 0 Å². The van der Waals surface area contributed by atoms with Crippen molar-refractivity contribution in [2.45, 2.75) is 19.6 Å². The Morgan fingerprint density at radius 1 is 1.27 bits per heavy atom. The highest BCUT2D eigenvalue weighted by molar-refractivity contribution is 9.10. The Morgan fingerprint density at radius 2 is 1.82 bits per heavy atom. The van der Waals surface area contributed by atoms with Gasteiger partial charge in [0.05, 0.1) is 20.2 Å². The maximum absolute atomic E-state index is 13.5. The van der Waals surface area contributed by atoms with Crippen molar-refractivity contribution < 1.29 is 23.5 Å². The van der Waals surface area contributed by atoms with Crippen molar-refractivity contribution in [3.05, 3.63) is 38.2 Å². The van der Waals surface area contributed by atoms with E-state index in [9.17, 15) is 14.0 Å². The molecule has 0 amide bonds. The zero-order valence-electron chi connectivity index (χ0n) is 11.3. The van der Waals surface area contributed by atoms with Gasteiger partial charge in [-0.15, -0.1) is 0 Å². The summed E-state index contributed by atoms with van der Waals surface area (Å²) in [6, 6.07) is 1.24. The second-order valence-electron chi connectivity index (χ2n) is 4.73. The van der Waals surface area contributed by atoms with Crippen molar-refractivity contribution in [1.82, 2.24) is 0 Å². The predicted molar refractivity (Wildman–Crippen MR) is 82.1 cm³/mol. The molecule has 0 aromatic heterocycles. The van der Waals surface area contributed by atoms with E-state index in [2.05, 4.69) is 21.2 Å². The minimum absolute atomic E-state index is 0.186. The summed E-state index contributed by atoms with van der Waals surface area (Å²) in [7, 11) is 0. The lowest BCUT2D eigenvalue weighted by atomic mass is 10.2. The van der Waals surface area contributed by atoms with Crippen LogP contribution in [-0.2, 0) is 19.1 Å². The maximum atomic E-state index is 13.5. The van der Waals surface area contributed by atoms with Crippen LogP contribution in [0.3, 0.4) is 0 Å². The van der Waals surface area contributed by atoms with Gasteiger partial charge < -0.3 is 14.8 Å². The molecule has 1 aromatic rings. The molecule has 0 atom stereocenters. The van der Waals surface area contributed by atoms with Gasteiger partial charge in [-0.1, -0.05) is 23.2 Å². The summed E-state index contributed by atoms with van der Waals surface area (Å²) in [6.45, 7) is 2.87. The molecule has 0 spiro atoms. The first-order valence-corrected chi connectivity index (χ1v) is 7.43. The van der Waals surface area contributed by atoms with Crippen LogP contribution in [-0.4, -0.2) is 17.7 Å². The summed E-state index contributed by atoms with van der Waals surface area (Å²) in [4.78, 5) is 23.5. The largest absolute Gasteiger partial charge is 0.419 e. The quantitative estimate of drug-likeness (QED) is 0.261. The Bertz CT molecular complexity index is 684. The molecule has 1 aliphatic heterocycles. The fraction of sp³-hybridized carbons (Fsp3) is 0.231. The lowest BCUT2D eigenvalue weighted by Gasteiger charge is -2.29. The number of esters is 2. The number of hydrogen-bond donors (Lipinski definition) is 1. The van der Waals surface area contributed by atoms with Gasteiger partial charge in [0.1, 0.15) is 0 Å². The lowest BCUT2D eigenvalue weighted by Crippen LogP contribution is -2.42. The molecule has 22 heavy (non-hydrogen) atoms. The number of benzene rings is 1. The first-order valence-electron chi connectivity index (χ1n) is 5.89. The molecule has 0 aliphatic carbocycles. The van der Waals surface area contributed by atoms with Gasteiger partial charge in [-0.2, -0.15) is 0 Å². The van der Waals surface area contributed by atoms with E-state index in [1.54, 1.807) is 0 Å². The van der Waals surface area contributed by atoms with E-state index in [4.69, 9.17) is 32.7 Å². The van der Waals surface area contributed by atoms with E-state index in [1.807, 2.05) is 0 Å². The molecule has 1 aliphatic rings. The molecule has 1 fully saturated rings. The smallest absolute Gasteiger partial charge is 0.350 e. The molecule has 118 valence electrons. The van der Waals surface area contributed by atoms with Gasteiger partial charge in [0.15, 0.2) is 11.4 Å². The van der Waals surface area contributed by atoms with E-state index in [1.165, 1.54) is 19.9 Å². The molecule has 0 saturated carbocycles. The summed E-state index contributed by atoms with van der Waals surface area (Å²) in [6.07, 6.45) is 1.07. The molecule has 0 bridgehead atoms. The van der Waals surface area contributed by atoms with Crippen molar-refractivity contribution in [2.24, 2.45) is 0 Å². The van der Waals surface area contributed by atoms with Crippen molar-refractivity contribution in [1.29, 1.82) is 0 Å². The van der Waals surface area contributed by atoms with Crippen LogP contribution in [0.4, 0.5) is 10.1 Å². The molecule has 1 N–H and O–H groups in total. The lowest BCUT2D eigenvalue weighted by molar-refractivity contribution is -0.222. The minimum Gasteiger partial charge on any atom is -0.419 e. The summed E-state index contributed by atoms with van der Waals surface area (Å²) in [5.41, 5.74) is -0.0860. The second kappa shape index (κ2) is 6.06. The molecule has 0 unspecified atom stereocenters. The summed E-state index contributed by atoms with van der Waals surface area (Å²) in [5, 5.41) is 2.18. The molecular weight excluding hydrogens is 404 g/mol. The van der Waals surface area contributed by atoms with Gasteiger partial charge in [0.25, 0.3) is 5.79 Å². The minimum atomic E-state index is -1.32. The van der Waals surface area contributed by atoms with E-state index in [0.29, 0.717) is 0 Å². The SMILES string of the molecule is CC1(C)OC(=O)C(=CNc2cc(Cl)c(F)c(Cl)c2Br)C(=O)O1. The van der Waals surface area contributed by atoms with Crippen molar-refractivity contribution in [3.8, 4) is 0 Å². The van der Waals surface area contributed by atoms with Crippen molar-refractivity contribution in [2.75, 3.05) is 5.32 Å². The second-order valence-corrected chi connectivity index (χ2v) is 6.31. The van der Waals surface area contributed by atoms with Gasteiger partial charge >= 0.3 is 11.9 Å². The highest BCUT2D eigenvalue weighted by Gasteiger charge is 2.39. The van der Waals surface area contributed by atoms with E-state index in [-0.39, 0.29) is 25.8 Å². The topological polar surface area (TPSA) is 64.6 Å². The van der Waals surface area contributed by atoms with Crippen molar-refractivity contribution in [3.63, 3.8) is 0 Å². The maximum Gasteiger partial charge on any atom is 0.350 e. The van der Waals surface area contributed by atoms with Gasteiger partial charge in [-0.3, -0.25) is 0 Å². The standard InChI is InChI=1S/C13H9BrCl2FNO4/c1-13(2)21-11(19)5(12(20)22-13)4-18-7-3-6(15)10(17)9(16)8(7)14/h3-4,18H,1-2H3. The van der Waals surface area contributed by atoms with Crippen LogP contribution in [0.25, 0.3) is 0 Å². The first kappa shape index (κ1) is 17.1. The number of nitrogens with one attached hydrogen (secondary N) is 1. The Hall–Kier alpha value is -1.31. The summed E-state index contributed by atoms with van der Waals surface area (Å²) >= 11 is 14.5. The monoisotopic (exact) mass is 411 g/mol. The van der Waals surface area contributed by atoms with Gasteiger partial charge in [0.2, 0.25) is 0 Å². The Morgan fingerprint density at radius 3 is 2.36 bits per heavy atom. The Labute approximate surface area is 143 Å². The molecule has 1 aromatic carbocycles. The molecule has 0 radical (unpaired) electrons. The number of anilines is 1. The van der Waals surface area contributed by atoms with Crippen LogP contribution in [0.5, 0.6) is 0 Å². The van der Waals surface area contributed by atoms with Crippen LogP contribution >= 0.6 is 39.1 Å². The number of carbonyl (C=O) groups excluding carboxylic acids is 2. The molecule has 5 nitrogen and oxygen atoms in total. The number of carbonyl (C=O) groups is 2. The summed E-state index contributed by atoms with van der Waals surface area (Å²) in [5.74, 6) is -3.80. The van der Waals surface area contributed by atoms with Crippen LogP contribution in [0.2, 0.25) is 10.0 Å². The number of hydrogen-bond acceptors (Lipinski definition) is 5. The van der Waals surface area contributed by atoms with Gasteiger partial charge in [-0.05, 0) is 22.0 Å². The van der Waals surface area contributed by atoms with E-state index < -0.39 is 23.5 Å². The molecule has 1 saturated heterocycles. The van der Waals surface area contributed by atoms with Crippen LogP contribution in [0.15, 0.2) is 22.3 Å². The molecule has 2 rings (SSSR count). The van der Waals surface area contributed by atoms with Gasteiger partial charge in [-0.25, -0.2) is 14.0 Å². The zero-order chi connectivity index (χ0) is 16.7. The zero-order valence-corrected chi connectivity index (χ0v) is 14.4. The van der Waals surface area contributed by atoms with E-state index in [0.717, 1.165) is 6.20 Å². The van der Waals surface area contributed by atoms with Crippen molar-refractivity contribution >= 4 is 56.8 Å². The summed E-state index contributed by atoms with van der Waals surface area (Å²) < 4.78 is 23.5. The average molecular weight is 413 g/mol. The van der Waals surface area contributed by atoms with Gasteiger partial charge in [0, 0.05) is 20.0 Å². The van der Waals surface area contributed by atoms with Crippen LogP contribution in [0, 0.1) is 5.82 Å². The van der Waals surface area contributed by atoms with Crippen LogP contribution in [0.1, 0.15) is 13.8 Å². The Kier molecular flexibility index (Phi) is 4.70. The normalized spacial score (nSPS) is 16.9. The number of cyclic esters (lactones) is 2. The number of rotatable bonds is 2. The third-order valence-corrected chi connectivity index (χ3v) is 4.27. The predicted octanol–water partition coefficient (Wildman–Crippen LogP) is 4.03. The first-order chi connectivity index (χ1) is 10.1. The number of ether oxygens (including phenoxy) is 2. The Balaban J connectivity index is 2.30. The molecular formula is C13H9BrCl2FNO4. The average Bonchev–Trinajstić information content (AvgIpc) is 2.39. The fourth-order valence-corrected chi connectivity index (χ4v) is 2.46. The third kappa shape index (κ3) is 3.37. The highest BCUT2D eigenvalue weighted by Crippen LogP contribution is 2.37. The fourth-order valence-electron chi connectivity index (χ4n) is 1.61. The highest BCUT2D eigenvalue weighted by atomic mass is 79.9.